The largest absolute Gasteiger partial charge is 0.481 e. The molecule has 3 aromatic rings. The van der Waals surface area contributed by atoms with Crippen LogP contribution >= 0.6 is 22.9 Å². The first-order valence-corrected chi connectivity index (χ1v) is 11.1. The van der Waals surface area contributed by atoms with Crippen LogP contribution in [0.2, 0.25) is 5.15 Å². The summed E-state index contributed by atoms with van der Waals surface area (Å²) in [6, 6.07) is 3.31. The number of hydrogen-bond donors (Lipinski definition) is 1. The van der Waals surface area contributed by atoms with E-state index in [0.717, 1.165) is 17.0 Å². The van der Waals surface area contributed by atoms with Crippen molar-refractivity contribution in [2.45, 2.75) is 38.5 Å². The first kappa shape index (κ1) is 23.2. The maximum absolute atomic E-state index is 13.3. The van der Waals surface area contributed by atoms with E-state index in [4.69, 9.17) is 21.1 Å². The van der Waals surface area contributed by atoms with E-state index in [-0.39, 0.29) is 27.5 Å². The van der Waals surface area contributed by atoms with Crippen LogP contribution in [-0.4, -0.2) is 28.0 Å². The highest BCUT2D eigenvalue weighted by Crippen LogP contribution is 2.52. The molecule has 2 aromatic heterocycles. The smallest absolute Gasteiger partial charge is 0.416 e. The van der Waals surface area contributed by atoms with E-state index >= 15 is 0 Å². The highest BCUT2D eigenvalue weighted by atomic mass is 35.5. The second-order valence-corrected chi connectivity index (χ2v) is 8.57. The van der Waals surface area contributed by atoms with Gasteiger partial charge in [0.1, 0.15) is 28.4 Å². The Labute approximate surface area is 195 Å². The number of carbonyl (C=O) groups excluding carboxylic acids is 1. The van der Waals surface area contributed by atoms with Crippen LogP contribution in [0, 0.1) is 0 Å². The van der Waals surface area contributed by atoms with Gasteiger partial charge in [0.25, 0.3) is 5.91 Å². The van der Waals surface area contributed by atoms with Crippen molar-refractivity contribution in [2.75, 3.05) is 12.4 Å². The summed E-state index contributed by atoms with van der Waals surface area (Å²) in [4.78, 5) is 25.8. The highest BCUT2D eigenvalue weighted by Gasteiger charge is 2.42. The first-order chi connectivity index (χ1) is 15.6. The SMILES string of the molecule is CCC1(CC)Oc2cc(C(F)(F)F)ccc2-c2nc(NC(=O)c3c(Cl)ncnc3OC)sc21. The van der Waals surface area contributed by atoms with Crippen LogP contribution in [-0.2, 0) is 11.8 Å². The van der Waals surface area contributed by atoms with Crippen LogP contribution in [0.3, 0.4) is 0 Å². The monoisotopic (exact) mass is 498 g/mol. The van der Waals surface area contributed by atoms with Gasteiger partial charge in [0.05, 0.1) is 23.2 Å². The third-order valence-electron chi connectivity index (χ3n) is 5.46. The van der Waals surface area contributed by atoms with Crippen molar-refractivity contribution in [3.8, 4) is 22.9 Å². The molecule has 1 aromatic carbocycles. The summed E-state index contributed by atoms with van der Waals surface area (Å²) < 4.78 is 51.0. The van der Waals surface area contributed by atoms with Crippen LogP contribution in [0.5, 0.6) is 11.6 Å². The fraction of sp³-hybridized carbons (Fsp3) is 0.333. The lowest BCUT2D eigenvalue weighted by atomic mass is 9.89. The molecule has 7 nitrogen and oxygen atoms in total. The third kappa shape index (κ3) is 3.99. The third-order valence-corrected chi connectivity index (χ3v) is 6.90. The molecule has 33 heavy (non-hydrogen) atoms. The fourth-order valence-corrected chi connectivity index (χ4v) is 5.12. The molecule has 0 atom stereocenters. The van der Waals surface area contributed by atoms with Crippen molar-refractivity contribution >= 4 is 34.0 Å². The van der Waals surface area contributed by atoms with Crippen LogP contribution in [0.15, 0.2) is 24.5 Å². The van der Waals surface area contributed by atoms with E-state index in [0.29, 0.717) is 24.1 Å². The Kier molecular flexibility index (Phi) is 5.95. The van der Waals surface area contributed by atoms with Gasteiger partial charge in [-0.25, -0.2) is 15.0 Å². The minimum atomic E-state index is -4.50. The number of halogens is 4. The number of rotatable bonds is 5. The number of benzene rings is 1. The normalized spacial score (nSPS) is 14.2. The van der Waals surface area contributed by atoms with E-state index in [9.17, 15) is 18.0 Å². The van der Waals surface area contributed by atoms with Gasteiger partial charge in [-0.15, -0.1) is 0 Å². The molecular weight excluding hydrogens is 481 g/mol. The lowest BCUT2D eigenvalue weighted by Gasteiger charge is -2.36. The van der Waals surface area contributed by atoms with Gasteiger partial charge in [0, 0.05) is 5.56 Å². The van der Waals surface area contributed by atoms with Crippen molar-refractivity contribution in [1.82, 2.24) is 15.0 Å². The summed E-state index contributed by atoms with van der Waals surface area (Å²) >= 11 is 7.25. The summed E-state index contributed by atoms with van der Waals surface area (Å²) in [7, 11) is 1.35. The summed E-state index contributed by atoms with van der Waals surface area (Å²) in [6.07, 6.45) is -2.35. The molecule has 0 unspecified atom stereocenters. The number of nitrogens with one attached hydrogen (secondary N) is 1. The standard InChI is InChI=1S/C21H18ClF3N4O3S/c1-4-20(5-2)15-14(11-7-6-10(21(23,24)25)8-12(11)32-20)28-19(33-15)29-17(30)13-16(22)26-9-27-18(13)31-3/h6-9H,4-5H2,1-3H3,(H,28,29,30). The van der Waals surface area contributed by atoms with Crippen molar-refractivity contribution in [2.24, 2.45) is 0 Å². The van der Waals surface area contributed by atoms with Crippen molar-refractivity contribution in [1.29, 1.82) is 0 Å². The Morgan fingerprint density at radius 1 is 1.27 bits per heavy atom. The molecule has 12 heteroatoms. The molecule has 0 aliphatic carbocycles. The molecule has 0 saturated heterocycles. The molecule has 174 valence electrons. The number of hydrogen-bond acceptors (Lipinski definition) is 7. The molecule has 0 fully saturated rings. The second-order valence-electron chi connectivity index (χ2n) is 7.21. The van der Waals surface area contributed by atoms with Gasteiger partial charge in [-0.1, -0.05) is 36.8 Å². The maximum Gasteiger partial charge on any atom is 0.416 e. The maximum atomic E-state index is 13.3. The number of ether oxygens (including phenoxy) is 2. The number of alkyl halides is 3. The number of thiazole rings is 1. The number of fused-ring (bicyclic) bond motifs is 3. The number of amides is 1. The highest BCUT2D eigenvalue weighted by molar-refractivity contribution is 7.16. The minimum Gasteiger partial charge on any atom is -0.481 e. The Balaban J connectivity index is 1.78. The van der Waals surface area contributed by atoms with E-state index in [1.165, 1.54) is 30.8 Å². The lowest BCUT2D eigenvalue weighted by Crippen LogP contribution is -2.34. The number of carbonyl (C=O) groups is 1. The zero-order valence-corrected chi connectivity index (χ0v) is 19.3. The molecular formula is C21H18ClF3N4O3S. The molecule has 0 bridgehead atoms. The van der Waals surface area contributed by atoms with E-state index in [1.807, 2.05) is 13.8 Å². The molecule has 0 saturated carbocycles. The van der Waals surface area contributed by atoms with Crippen molar-refractivity contribution in [3.05, 3.63) is 45.7 Å². The molecule has 4 rings (SSSR count). The predicted molar refractivity (Wildman–Crippen MR) is 117 cm³/mol. The fourth-order valence-electron chi connectivity index (χ4n) is 3.67. The Morgan fingerprint density at radius 3 is 2.64 bits per heavy atom. The average molecular weight is 499 g/mol. The molecule has 3 heterocycles. The molecule has 0 radical (unpaired) electrons. The summed E-state index contributed by atoms with van der Waals surface area (Å²) in [5, 5.41) is 2.81. The summed E-state index contributed by atoms with van der Waals surface area (Å²) in [5.41, 5.74) is -0.848. The van der Waals surface area contributed by atoms with Gasteiger partial charge in [-0.3, -0.25) is 10.1 Å². The van der Waals surface area contributed by atoms with Gasteiger partial charge < -0.3 is 9.47 Å². The molecule has 1 aliphatic rings. The van der Waals surface area contributed by atoms with E-state index in [2.05, 4.69) is 20.3 Å². The lowest BCUT2D eigenvalue weighted by molar-refractivity contribution is -0.137. The van der Waals surface area contributed by atoms with Crippen molar-refractivity contribution < 1.29 is 27.4 Å². The minimum absolute atomic E-state index is 0.00126. The second kappa shape index (κ2) is 8.45. The summed E-state index contributed by atoms with van der Waals surface area (Å²) in [6.45, 7) is 3.77. The van der Waals surface area contributed by atoms with Gasteiger partial charge in [0.2, 0.25) is 5.88 Å². The van der Waals surface area contributed by atoms with Gasteiger partial charge in [-0.05, 0) is 31.0 Å². The van der Waals surface area contributed by atoms with Crippen LogP contribution in [0.4, 0.5) is 18.3 Å². The van der Waals surface area contributed by atoms with E-state index < -0.39 is 23.2 Å². The Hall–Kier alpha value is -2.92. The molecule has 1 aliphatic heterocycles. The van der Waals surface area contributed by atoms with Gasteiger partial charge in [0.15, 0.2) is 5.13 Å². The average Bonchev–Trinajstić information content (AvgIpc) is 3.21. The van der Waals surface area contributed by atoms with E-state index in [1.54, 1.807) is 0 Å². The van der Waals surface area contributed by atoms with Gasteiger partial charge >= 0.3 is 6.18 Å². The predicted octanol–water partition coefficient (Wildman–Crippen LogP) is 5.94. The summed E-state index contributed by atoms with van der Waals surface area (Å²) in [5.74, 6) is -0.528. The van der Waals surface area contributed by atoms with Crippen LogP contribution in [0.25, 0.3) is 11.3 Å². The van der Waals surface area contributed by atoms with Crippen LogP contribution in [0.1, 0.15) is 47.5 Å². The first-order valence-electron chi connectivity index (χ1n) is 9.91. The quantitative estimate of drug-likeness (QED) is 0.438. The zero-order chi connectivity index (χ0) is 24.0. The Bertz CT molecular complexity index is 1230. The van der Waals surface area contributed by atoms with Crippen LogP contribution < -0.4 is 14.8 Å². The number of aromatic nitrogens is 3. The Morgan fingerprint density at radius 2 is 2.00 bits per heavy atom. The van der Waals surface area contributed by atoms with Crippen molar-refractivity contribution in [3.63, 3.8) is 0 Å². The zero-order valence-electron chi connectivity index (χ0n) is 17.7. The topological polar surface area (TPSA) is 86.2 Å². The molecule has 1 N–H and O–H groups in total. The number of methoxy groups -OCH3 is 1. The van der Waals surface area contributed by atoms with Gasteiger partial charge in [-0.2, -0.15) is 13.2 Å². The number of nitrogens with zero attached hydrogens (tertiary/aromatic N) is 3. The molecule has 1 amide bonds. The molecule has 0 spiro atoms. The number of anilines is 1.